The van der Waals surface area contributed by atoms with Crippen molar-refractivity contribution < 1.29 is 4.74 Å². The molecule has 0 aliphatic carbocycles. The highest BCUT2D eigenvalue weighted by atomic mass is 16.5. The third-order valence-electron chi connectivity index (χ3n) is 3.33. The minimum atomic E-state index is -0.340. The van der Waals surface area contributed by atoms with E-state index in [1.54, 1.807) is 7.11 Å². The molecule has 0 saturated carbocycles. The monoisotopic (exact) mass is 241 g/mol. The molecule has 1 unspecified atom stereocenters. The normalized spacial score (nSPS) is 14.6. The van der Waals surface area contributed by atoms with E-state index in [0.717, 1.165) is 45.4 Å². The van der Waals surface area contributed by atoms with E-state index in [9.17, 15) is 5.26 Å². The Balaban J connectivity index is 3.78. The van der Waals surface area contributed by atoms with Crippen molar-refractivity contribution in [2.45, 2.75) is 38.1 Å². The number of hydrogen-bond donors (Lipinski definition) is 1. The van der Waals surface area contributed by atoms with Gasteiger partial charge >= 0.3 is 0 Å². The summed E-state index contributed by atoms with van der Waals surface area (Å²) in [7, 11) is 5.72. The third-order valence-corrected chi connectivity index (χ3v) is 3.33. The maximum atomic E-state index is 9.17. The highest BCUT2D eigenvalue weighted by Crippen LogP contribution is 2.15. The van der Waals surface area contributed by atoms with Crippen molar-refractivity contribution >= 4 is 0 Å². The molecule has 17 heavy (non-hydrogen) atoms. The maximum absolute atomic E-state index is 9.17. The van der Waals surface area contributed by atoms with Crippen LogP contribution in [-0.4, -0.2) is 51.3 Å². The molecule has 0 rings (SSSR count). The minimum Gasteiger partial charge on any atom is -0.385 e. The van der Waals surface area contributed by atoms with Gasteiger partial charge in [-0.25, -0.2) is 0 Å². The van der Waals surface area contributed by atoms with Crippen LogP contribution in [0, 0.1) is 11.3 Å². The molecule has 0 spiro atoms. The maximum Gasteiger partial charge on any atom is 0.106 e. The number of rotatable bonds is 10. The van der Waals surface area contributed by atoms with Gasteiger partial charge in [-0.05, 0) is 46.3 Å². The van der Waals surface area contributed by atoms with E-state index in [4.69, 9.17) is 4.74 Å². The molecule has 4 heteroatoms. The van der Waals surface area contributed by atoms with Crippen LogP contribution in [0.2, 0.25) is 0 Å². The van der Waals surface area contributed by atoms with Gasteiger partial charge in [-0.3, -0.25) is 0 Å². The van der Waals surface area contributed by atoms with Crippen LogP contribution in [0.1, 0.15) is 32.6 Å². The van der Waals surface area contributed by atoms with Crippen LogP contribution in [0.3, 0.4) is 0 Å². The number of nitrogens with zero attached hydrogens (tertiary/aromatic N) is 2. The average Bonchev–Trinajstić information content (AvgIpc) is 2.36. The molecule has 0 aromatic heterocycles. The molecule has 0 heterocycles. The zero-order valence-electron chi connectivity index (χ0n) is 11.8. The molecule has 0 fully saturated rings. The summed E-state index contributed by atoms with van der Waals surface area (Å²) in [5.74, 6) is 0. The smallest absolute Gasteiger partial charge is 0.106 e. The zero-order valence-corrected chi connectivity index (χ0v) is 11.8. The summed E-state index contributed by atoms with van der Waals surface area (Å²) in [6.07, 6.45) is 3.88. The Hall–Kier alpha value is -0.630. The van der Waals surface area contributed by atoms with Gasteiger partial charge in [0.1, 0.15) is 5.54 Å². The fourth-order valence-electron chi connectivity index (χ4n) is 1.91. The second-order valence-electron chi connectivity index (χ2n) is 4.55. The van der Waals surface area contributed by atoms with Gasteiger partial charge in [0.25, 0.3) is 0 Å². The summed E-state index contributed by atoms with van der Waals surface area (Å²) in [4.78, 5) is 2.30. The van der Waals surface area contributed by atoms with Crippen molar-refractivity contribution in [1.29, 1.82) is 5.26 Å². The van der Waals surface area contributed by atoms with Crippen LogP contribution in [0.4, 0.5) is 0 Å². The highest BCUT2D eigenvalue weighted by molar-refractivity contribution is 5.05. The number of nitriles is 1. The second-order valence-corrected chi connectivity index (χ2v) is 4.55. The van der Waals surface area contributed by atoms with Crippen LogP contribution in [0.15, 0.2) is 0 Å². The number of ether oxygens (including phenoxy) is 1. The number of hydrogen-bond acceptors (Lipinski definition) is 4. The van der Waals surface area contributed by atoms with Gasteiger partial charge < -0.3 is 15.0 Å². The second kappa shape index (κ2) is 9.41. The van der Waals surface area contributed by atoms with Gasteiger partial charge in [-0.15, -0.1) is 0 Å². The van der Waals surface area contributed by atoms with Crippen molar-refractivity contribution in [2.24, 2.45) is 0 Å². The Morgan fingerprint density at radius 1 is 1.35 bits per heavy atom. The fraction of sp³-hybridized carbons (Fsp3) is 0.923. The summed E-state index contributed by atoms with van der Waals surface area (Å²) in [6.45, 7) is 4.97. The molecule has 0 aromatic rings. The zero-order chi connectivity index (χ0) is 13.1. The molecule has 0 bridgehead atoms. The summed E-state index contributed by atoms with van der Waals surface area (Å²) >= 11 is 0. The van der Waals surface area contributed by atoms with Gasteiger partial charge in [0.05, 0.1) is 6.07 Å². The van der Waals surface area contributed by atoms with E-state index in [2.05, 4.69) is 30.3 Å². The van der Waals surface area contributed by atoms with Crippen LogP contribution in [0.5, 0.6) is 0 Å². The summed E-state index contributed by atoms with van der Waals surface area (Å²) in [5.41, 5.74) is -0.340. The molecule has 1 N–H and O–H groups in total. The Bertz CT molecular complexity index is 221. The van der Waals surface area contributed by atoms with Crippen molar-refractivity contribution in [3.8, 4) is 6.07 Å². The predicted molar refractivity (Wildman–Crippen MR) is 70.9 cm³/mol. The summed E-state index contributed by atoms with van der Waals surface area (Å²) in [5, 5.41) is 12.3. The lowest BCUT2D eigenvalue weighted by Gasteiger charge is -2.25. The van der Waals surface area contributed by atoms with Crippen molar-refractivity contribution in [2.75, 3.05) is 40.9 Å². The lowest BCUT2D eigenvalue weighted by molar-refractivity contribution is 0.178. The molecule has 0 saturated heterocycles. The molecule has 4 nitrogen and oxygen atoms in total. The number of methoxy groups -OCH3 is 1. The Morgan fingerprint density at radius 2 is 2.00 bits per heavy atom. The molecule has 100 valence electrons. The van der Waals surface area contributed by atoms with Crippen LogP contribution >= 0.6 is 0 Å². The van der Waals surface area contributed by atoms with Crippen molar-refractivity contribution in [3.63, 3.8) is 0 Å². The SMILES string of the molecule is CCC(C#N)(CCCN(C)CCCOC)NC. The van der Waals surface area contributed by atoms with E-state index in [-0.39, 0.29) is 5.54 Å². The Kier molecular flexibility index (Phi) is 9.06. The quantitative estimate of drug-likeness (QED) is 0.591. The van der Waals surface area contributed by atoms with Gasteiger partial charge in [0.2, 0.25) is 0 Å². The van der Waals surface area contributed by atoms with Gasteiger partial charge in [0, 0.05) is 20.3 Å². The van der Waals surface area contributed by atoms with E-state index in [0.29, 0.717) is 0 Å². The van der Waals surface area contributed by atoms with Crippen LogP contribution in [0.25, 0.3) is 0 Å². The minimum absolute atomic E-state index is 0.340. The highest BCUT2D eigenvalue weighted by Gasteiger charge is 2.24. The first kappa shape index (κ1) is 16.4. The summed E-state index contributed by atoms with van der Waals surface area (Å²) < 4.78 is 5.02. The standard InChI is InChI=1S/C13H27N3O/c1-5-13(12-14,15-2)8-6-9-16(3)10-7-11-17-4/h15H,5-11H2,1-4H3. The van der Waals surface area contributed by atoms with Crippen LogP contribution < -0.4 is 5.32 Å². The molecular formula is C13H27N3O. The predicted octanol–water partition coefficient (Wildman–Crippen LogP) is 1.63. The first-order chi connectivity index (χ1) is 8.14. The molecule has 0 aliphatic heterocycles. The first-order valence-corrected chi connectivity index (χ1v) is 6.41. The van der Waals surface area contributed by atoms with E-state index >= 15 is 0 Å². The topological polar surface area (TPSA) is 48.3 Å². The van der Waals surface area contributed by atoms with Gasteiger partial charge in [-0.2, -0.15) is 5.26 Å². The van der Waals surface area contributed by atoms with E-state index < -0.39 is 0 Å². The first-order valence-electron chi connectivity index (χ1n) is 6.41. The third kappa shape index (κ3) is 6.62. The van der Waals surface area contributed by atoms with Crippen molar-refractivity contribution in [1.82, 2.24) is 10.2 Å². The van der Waals surface area contributed by atoms with E-state index in [1.807, 2.05) is 7.05 Å². The summed E-state index contributed by atoms with van der Waals surface area (Å²) in [6, 6.07) is 2.39. The lowest BCUT2D eigenvalue weighted by Crippen LogP contribution is -2.41. The Labute approximate surface area is 106 Å². The molecule has 0 aromatic carbocycles. The molecule has 0 radical (unpaired) electrons. The molecule has 1 atom stereocenters. The lowest BCUT2D eigenvalue weighted by atomic mass is 9.92. The largest absolute Gasteiger partial charge is 0.385 e. The van der Waals surface area contributed by atoms with E-state index in [1.165, 1.54) is 0 Å². The molecular weight excluding hydrogens is 214 g/mol. The van der Waals surface area contributed by atoms with Gasteiger partial charge in [-0.1, -0.05) is 6.92 Å². The Morgan fingerprint density at radius 3 is 2.47 bits per heavy atom. The fourth-order valence-corrected chi connectivity index (χ4v) is 1.91. The number of nitrogens with one attached hydrogen (secondary N) is 1. The van der Waals surface area contributed by atoms with Crippen LogP contribution in [-0.2, 0) is 4.74 Å². The molecule has 0 aliphatic rings. The average molecular weight is 241 g/mol. The molecule has 0 amide bonds. The van der Waals surface area contributed by atoms with Gasteiger partial charge in [0.15, 0.2) is 0 Å². The van der Waals surface area contributed by atoms with Crippen molar-refractivity contribution in [3.05, 3.63) is 0 Å².